The molecule has 0 saturated heterocycles. The Balaban J connectivity index is 2.25. The quantitative estimate of drug-likeness (QED) is 0.898. The van der Waals surface area contributed by atoms with Crippen molar-refractivity contribution in [3.63, 3.8) is 0 Å². The Labute approximate surface area is 112 Å². The van der Waals surface area contributed by atoms with Crippen LogP contribution in [-0.4, -0.2) is 14.1 Å². The van der Waals surface area contributed by atoms with Gasteiger partial charge in [-0.25, -0.2) is 0 Å². The second-order valence-electron chi connectivity index (χ2n) is 4.48. The van der Waals surface area contributed by atoms with Gasteiger partial charge in [0.15, 0.2) is 0 Å². The van der Waals surface area contributed by atoms with E-state index >= 15 is 0 Å². The number of rotatable bonds is 4. The monoisotopic (exact) mass is 264 g/mol. The van der Waals surface area contributed by atoms with Gasteiger partial charge in [-0.3, -0.25) is 0 Å². The van der Waals surface area contributed by atoms with Gasteiger partial charge in [-0.05, 0) is 31.2 Å². The molecule has 1 atom stereocenters. The Kier molecular flexibility index (Phi) is 3.82. The van der Waals surface area contributed by atoms with E-state index in [1.54, 1.807) is 12.5 Å². The number of halogens is 1. The van der Waals surface area contributed by atoms with Crippen molar-refractivity contribution in [1.82, 2.24) is 0 Å². The van der Waals surface area contributed by atoms with Crippen LogP contribution >= 0.6 is 11.6 Å². The molecule has 4 heteroatoms. The van der Waals surface area contributed by atoms with Gasteiger partial charge in [0.25, 0.3) is 0 Å². The Morgan fingerprint density at radius 2 is 2.06 bits per heavy atom. The third kappa shape index (κ3) is 2.79. The van der Waals surface area contributed by atoms with Crippen LogP contribution in [0.15, 0.2) is 41.2 Å². The molecule has 0 aliphatic rings. The highest BCUT2D eigenvalue weighted by atomic mass is 35.5. The molecule has 1 unspecified atom stereocenters. The van der Waals surface area contributed by atoms with E-state index in [9.17, 15) is 0 Å². The largest absolute Gasteiger partial charge is 0.472 e. The van der Waals surface area contributed by atoms with Crippen molar-refractivity contribution in [2.45, 2.75) is 13.0 Å². The lowest BCUT2D eigenvalue weighted by Crippen LogP contribution is -2.13. The zero-order valence-electron chi connectivity index (χ0n) is 10.8. The van der Waals surface area contributed by atoms with Crippen LogP contribution in [0.2, 0.25) is 5.02 Å². The summed E-state index contributed by atoms with van der Waals surface area (Å²) in [5.74, 6) is 0. The first kappa shape index (κ1) is 12.8. The van der Waals surface area contributed by atoms with Crippen LogP contribution in [0.5, 0.6) is 0 Å². The van der Waals surface area contributed by atoms with E-state index in [0.717, 1.165) is 22.0 Å². The average Bonchev–Trinajstić information content (AvgIpc) is 2.81. The van der Waals surface area contributed by atoms with Crippen molar-refractivity contribution in [2.75, 3.05) is 24.3 Å². The molecule has 2 rings (SSSR count). The molecule has 0 aliphatic carbocycles. The second kappa shape index (κ2) is 5.36. The predicted molar refractivity (Wildman–Crippen MR) is 76.5 cm³/mol. The van der Waals surface area contributed by atoms with Crippen LogP contribution in [0, 0.1) is 0 Å². The van der Waals surface area contributed by atoms with Crippen molar-refractivity contribution in [2.24, 2.45) is 0 Å². The van der Waals surface area contributed by atoms with E-state index in [4.69, 9.17) is 16.0 Å². The zero-order valence-corrected chi connectivity index (χ0v) is 11.5. The van der Waals surface area contributed by atoms with Gasteiger partial charge in [0, 0.05) is 24.7 Å². The third-order valence-corrected chi connectivity index (χ3v) is 3.09. The van der Waals surface area contributed by atoms with Crippen LogP contribution in [0.3, 0.4) is 0 Å². The number of hydrogen-bond donors (Lipinski definition) is 1. The average molecular weight is 265 g/mol. The van der Waals surface area contributed by atoms with Crippen molar-refractivity contribution >= 4 is 23.0 Å². The Morgan fingerprint density at radius 3 is 2.67 bits per heavy atom. The maximum atomic E-state index is 6.05. The molecule has 96 valence electrons. The fourth-order valence-electron chi connectivity index (χ4n) is 1.85. The summed E-state index contributed by atoms with van der Waals surface area (Å²) < 4.78 is 5.10. The van der Waals surface area contributed by atoms with E-state index < -0.39 is 0 Å². The highest BCUT2D eigenvalue weighted by Gasteiger charge is 2.11. The van der Waals surface area contributed by atoms with Crippen molar-refractivity contribution in [3.8, 4) is 0 Å². The lowest BCUT2D eigenvalue weighted by atomic mass is 10.1. The minimum atomic E-state index is 0.168. The summed E-state index contributed by atoms with van der Waals surface area (Å²) in [6.45, 7) is 2.09. The molecule has 2 aromatic rings. The first-order chi connectivity index (χ1) is 8.58. The molecule has 1 N–H and O–H groups in total. The molecule has 0 spiro atoms. The summed E-state index contributed by atoms with van der Waals surface area (Å²) in [5, 5.41) is 4.17. The topological polar surface area (TPSA) is 28.4 Å². The summed E-state index contributed by atoms with van der Waals surface area (Å²) in [7, 11) is 4.02. The van der Waals surface area contributed by atoms with Crippen LogP contribution < -0.4 is 10.2 Å². The Morgan fingerprint density at radius 1 is 1.28 bits per heavy atom. The Hall–Kier alpha value is -1.61. The summed E-state index contributed by atoms with van der Waals surface area (Å²) >= 11 is 6.05. The second-order valence-corrected chi connectivity index (χ2v) is 4.92. The maximum absolute atomic E-state index is 6.05. The molecular weight excluding hydrogens is 248 g/mol. The molecule has 0 aliphatic heterocycles. The minimum absolute atomic E-state index is 0.168. The van der Waals surface area contributed by atoms with Gasteiger partial charge in [0.1, 0.15) is 0 Å². The van der Waals surface area contributed by atoms with E-state index in [1.165, 1.54) is 0 Å². The standard InChI is InChI=1S/C14H17ClN2O/c1-10(11-6-7-18-9-11)16-13-8-12(15)4-5-14(13)17(2)3/h4-10,16H,1-3H3. The van der Waals surface area contributed by atoms with Gasteiger partial charge < -0.3 is 14.6 Å². The molecule has 3 nitrogen and oxygen atoms in total. The van der Waals surface area contributed by atoms with Gasteiger partial charge in [-0.15, -0.1) is 0 Å². The number of anilines is 2. The molecule has 1 aromatic heterocycles. The fraction of sp³-hybridized carbons (Fsp3) is 0.286. The number of nitrogens with one attached hydrogen (secondary N) is 1. The predicted octanol–water partition coefficient (Wildman–Crippen LogP) is 4.17. The smallest absolute Gasteiger partial charge is 0.0955 e. The number of hydrogen-bond acceptors (Lipinski definition) is 3. The molecule has 0 radical (unpaired) electrons. The fourth-order valence-corrected chi connectivity index (χ4v) is 2.02. The number of furan rings is 1. The molecule has 1 aromatic carbocycles. The van der Waals surface area contributed by atoms with Gasteiger partial charge in [-0.1, -0.05) is 11.6 Å². The zero-order chi connectivity index (χ0) is 13.1. The van der Waals surface area contributed by atoms with Gasteiger partial charge in [0.05, 0.1) is 29.9 Å². The first-order valence-electron chi connectivity index (χ1n) is 5.83. The molecule has 1 heterocycles. The minimum Gasteiger partial charge on any atom is -0.472 e. The van der Waals surface area contributed by atoms with Gasteiger partial charge in [0.2, 0.25) is 0 Å². The number of nitrogens with zero attached hydrogens (tertiary/aromatic N) is 1. The Bertz CT molecular complexity index is 509. The molecule has 0 amide bonds. The maximum Gasteiger partial charge on any atom is 0.0955 e. The lowest BCUT2D eigenvalue weighted by molar-refractivity contribution is 0.562. The van der Waals surface area contributed by atoms with Crippen molar-refractivity contribution in [1.29, 1.82) is 0 Å². The molecular formula is C14H17ClN2O. The van der Waals surface area contributed by atoms with Crippen LogP contribution in [0.4, 0.5) is 11.4 Å². The summed E-state index contributed by atoms with van der Waals surface area (Å²) in [6.07, 6.45) is 3.43. The van der Waals surface area contributed by atoms with E-state index in [2.05, 4.69) is 17.1 Å². The van der Waals surface area contributed by atoms with Gasteiger partial charge >= 0.3 is 0 Å². The summed E-state index contributed by atoms with van der Waals surface area (Å²) in [5.41, 5.74) is 3.23. The van der Waals surface area contributed by atoms with E-state index in [0.29, 0.717) is 0 Å². The number of benzene rings is 1. The molecule has 0 fully saturated rings. The molecule has 0 bridgehead atoms. The van der Waals surface area contributed by atoms with E-state index in [1.807, 2.05) is 38.4 Å². The molecule has 0 saturated carbocycles. The molecule has 18 heavy (non-hydrogen) atoms. The SMILES string of the molecule is CC(Nc1cc(Cl)ccc1N(C)C)c1ccoc1. The van der Waals surface area contributed by atoms with Crippen LogP contribution in [-0.2, 0) is 0 Å². The van der Waals surface area contributed by atoms with Crippen LogP contribution in [0.1, 0.15) is 18.5 Å². The lowest BCUT2D eigenvalue weighted by Gasteiger charge is -2.21. The third-order valence-electron chi connectivity index (χ3n) is 2.86. The van der Waals surface area contributed by atoms with E-state index in [-0.39, 0.29) is 6.04 Å². The van der Waals surface area contributed by atoms with Crippen molar-refractivity contribution in [3.05, 3.63) is 47.4 Å². The van der Waals surface area contributed by atoms with Crippen molar-refractivity contribution < 1.29 is 4.42 Å². The summed E-state index contributed by atoms with van der Waals surface area (Å²) in [6, 6.07) is 7.96. The highest BCUT2D eigenvalue weighted by molar-refractivity contribution is 6.31. The summed E-state index contributed by atoms with van der Waals surface area (Å²) in [4.78, 5) is 2.06. The first-order valence-corrected chi connectivity index (χ1v) is 6.21. The van der Waals surface area contributed by atoms with Crippen LogP contribution in [0.25, 0.3) is 0 Å². The highest BCUT2D eigenvalue weighted by Crippen LogP contribution is 2.30. The van der Waals surface area contributed by atoms with Gasteiger partial charge in [-0.2, -0.15) is 0 Å². The normalized spacial score (nSPS) is 12.2.